The second-order valence-electron chi connectivity index (χ2n) is 3.51. The van der Waals surface area contributed by atoms with Crippen LogP contribution in [-0.2, 0) is 14.4 Å². The Balaban J connectivity index is 0. The number of carbonyl (C=O) groups excluding carboxylic acids is 3. The van der Waals surface area contributed by atoms with Crippen LogP contribution in [0.4, 0.5) is 0 Å². The van der Waals surface area contributed by atoms with Gasteiger partial charge in [-0.3, -0.25) is 4.90 Å². The number of carboxylic acid groups (broad SMARTS) is 3. The topological polar surface area (TPSA) is 176 Å². The fourth-order valence-corrected chi connectivity index (χ4v) is 1.37. The standard InChI is InChI=1S/C9H15NO6.HNO2/c1-4(7(11)12)10(5(2)8(13)14)6(3)9(15)16;2-1-3/h4-6H,1-3H3,(H,11,12)(H,13,14)(H,15,16);(H,2,3)/p-4. The molecule has 0 N–H and O–H groups in total. The molecule has 0 aromatic heterocycles. The average Bonchev–Trinajstić information content (AvgIpc) is 2.29. The Morgan fingerprint density at radius 1 is 0.842 bits per heavy atom. The molecule has 0 aliphatic carbocycles. The van der Waals surface area contributed by atoms with Gasteiger partial charge in [0, 0.05) is 18.1 Å². The zero-order chi connectivity index (χ0) is 15.7. The second-order valence-corrected chi connectivity index (χ2v) is 3.51. The van der Waals surface area contributed by atoms with Gasteiger partial charge in [-0.05, 0) is 20.8 Å². The van der Waals surface area contributed by atoms with Gasteiger partial charge in [-0.1, -0.05) is 0 Å². The Labute approximate surface area is 108 Å². The van der Waals surface area contributed by atoms with Crippen molar-refractivity contribution >= 4 is 17.9 Å². The van der Waals surface area contributed by atoms with E-state index < -0.39 is 36.0 Å². The Bertz CT molecular complexity index is 298. The molecular weight excluding hydrogens is 264 g/mol. The number of rotatable bonds is 6. The lowest BCUT2D eigenvalue weighted by Crippen LogP contribution is -2.61. The van der Waals surface area contributed by atoms with Crippen molar-refractivity contribution in [1.82, 2.24) is 4.90 Å². The monoisotopic (exact) mass is 276 g/mol. The summed E-state index contributed by atoms with van der Waals surface area (Å²) in [6, 6.07) is -4.12. The molecule has 0 heterocycles. The fourth-order valence-electron chi connectivity index (χ4n) is 1.37. The van der Waals surface area contributed by atoms with E-state index >= 15 is 0 Å². The van der Waals surface area contributed by atoms with Crippen LogP contribution in [0.5, 0.6) is 0 Å². The minimum Gasteiger partial charge on any atom is -0.548 e. The summed E-state index contributed by atoms with van der Waals surface area (Å²) >= 11 is 0. The molecule has 3 atom stereocenters. The summed E-state index contributed by atoms with van der Waals surface area (Å²) in [5, 5.41) is 40.8. The molecule has 0 aromatic rings. The zero-order valence-electron chi connectivity index (χ0n) is 10.4. The third kappa shape index (κ3) is 6.31. The van der Waals surface area contributed by atoms with Crippen molar-refractivity contribution in [2.24, 2.45) is 5.34 Å². The highest BCUT2D eigenvalue weighted by molar-refractivity contribution is 5.78. The maximum absolute atomic E-state index is 10.6. The van der Waals surface area contributed by atoms with E-state index in [2.05, 4.69) is 0 Å². The zero-order valence-corrected chi connectivity index (χ0v) is 10.4. The van der Waals surface area contributed by atoms with E-state index in [0.717, 1.165) is 31.0 Å². The minimum atomic E-state index is -1.57. The lowest BCUT2D eigenvalue weighted by molar-refractivity contribution is -0.324. The maximum Gasteiger partial charge on any atom is 0.0584 e. The molecule has 0 saturated heterocycles. The Morgan fingerprint density at radius 2 is 1.00 bits per heavy atom. The lowest BCUT2D eigenvalue weighted by atomic mass is 10.1. The number of hydrogen-bond acceptors (Lipinski definition) is 10. The molecule has 0 aromatic carbocycles. The van der Waals surface area contributed by atoms with Crippen LogP contribution in [0.15, 0.2) is 5.34 Å². The first-order chi connectivity index (χ1) is 8.61. The van der Waals surface area contributed by atoms with Gasteiger partial charge in [0.1, 0.15) is 0 Å². The van der Waals surface area contributed by atoms with Crippen LogP contribution < -0.4 is 15.3 Å². The number of nitrogens with zero attached hydrogens (tertiary/aromatic N) is 2. The van der Waals surface area contributed by atoms with Crippen LogP contribution in [0.3, 0.4) is 0 Å². The van der Waals surface area contributed by atoms with Gasteiger partial charge in [0.25, 0.3) is 0 Å². The van der Waals surface area contributed by atoms with Gasteiger partial charge < -0.3 is 39.8 Å². The van der Waals surface area contributed by atoms with Gasteiger partial charge in [-0.25, -0.2) is 0 Å². The Morgan fingerprint density at radius 3 is 1.11 bits per heavy atom. The molecule has 10 nitrogen and oxygen atoms in total. The number of carbonyl (C=O) groups is 3. The van der Waals surface area contributed by atoms with Gasteiger partial charge in [0.2, 0.25) is 0 Å². The molecule has 0 saturated carbocycles. The molecule has 0 bridgehead atoms. The van der Waals surface area contributed by atoms with E-state index in [9.17, 15) is 29.7 Å². The van der Waals surface area contributed by atoms with Gasteiger partial charge in [-0.2, -0.15) is 0 Å². The largest absolute Gasteiger partial charge is 0.548 e. The van der Waals surface area contributed by atoms with Crippen molar-refractivity contribution in [2.75, 3.05) is 0 Å². The molecule has 19 heavy (non-hydrogen) atoms. The van der Waals surface area contributed by atoms with Crippen molar-refractivity contribution in [3.05, 3.63) is 10.1 Å². The van der Waals surface area contributed by atoms with Crippen LogP contribution in [0, 0.1) is 10.1 Å². The highest BCUT2D eigenvalue weighted by Gasteiger charge is 2.27. The highest BCUT2D eigenvalue weighted by atomic mass is 16.6. The van der Waals surface area contributed by atoms with Crippen molar-refractivity contribution in [1.29, 1.82) is 0 Å². The van der Waals surface area contributed by atoms with Crippen molar-refractivity contribution in [2.45, 2.75) is 38.9 Å². The van der Waals surface area contributed by atoms with Gasteiger partial charge >= 0.3 is 0 Å². The van der Waals surface area contributed by atoms with Crippen molar-refractivity contribution in [3.8, 4) is 0 Å². The van der Waals surface area contributed by atoms with Crippen LogP contribution in [-0.4, -0.2) is 40.9 Å². The van der Waals surface area contributed by atoms with E-state index in [1.807, 2.05) is 0 Å². The molecule has 110 valence electrons. The molecule has 0 radical (unpaired) electrons. The van der Waals surface area contributed by atoms with Crippen LogP contribution in [0.25, 0.3) is 0 Å². The molecule has 0 spiro atoms. The van der Waals surface area contributed by atoms with Crippen LogP contribution in [0.1, 0.15) is 20.8 Å². The van der Waals surface area contributed by atoms with Gasteiger partial charge in [0.05, 0.1) is 17.9 Å². The molecule has 10 heteroatoms. The first kappa shape index (κ1) is 19.1. The summed E-state index contributed by atoms with van der Waals surface area (Å²) in [5.74, 6) is -4.70. The summed E-state index contributed by atoms with van der Waals surface area (Å²) < 4.78 is 0. The molecule has 0 rings (SSSR count). The van der Waals surface area contributed by atoms with Crippen molar-refractivity contribution < 1.29 is 29.7 Å². The predicted molar refractivity (Wildman–Crippen MR) is 54.4 cm³/mol. The van der Waals surface area contributed by atoms with E-state index in [-0.39, 0.29) is 0 Å². The first-order valence-corrected chi connectivity index (χ1v) is 4.96. The predicted octanol–water partition coefficient (Wildman–Crippen LogP) is -4.05. The average molecular weight is 276 g/mol. The minimum absolute atomic E-state index is 0.736. The number of aliphatic carboxylic acids is 3. The number of hydrogen-bond donors (Lipinski definition) is 0. The summed E-state index contributed by atoms with van der Waals surface area (Å²) in [5.41, 5.74) is 0. The Hall–Kier alpha value is -2.23. The molecule has 0 aliphatic rings. The Kier molecular flexibility index (Phi) is 8.86. The molecule has 0 amide bonds. The molecular formula is C9H12N2O8-4. The molecule has 3 unspecified atom stereocenters. The SMILES string of the molecule is CC(C(=O)[O-])N(C(C)C(=O)[O-])C(C)C(=O)[O-].O=N[O-]. The fraction of sp³-hybridized carbons (Fsp3) is 0.667. The summed E-state index contributed by atoms with van der Waals surface area (Å²) in [6.45, 7) is 3.40. The summed E-state index contributed by atoms with van der Waals surface area (Å²) in [6.07, 6.45) is 0. The third-order valence-corrected chi connectivity index (χ3v) is 2.36. The summed E-state index contributed by atoms with van der Waals surface area (Å²) in [7, 11) is 0. The normalized spacial score (nSPS) is 14.5. The maximum atomic E-state index is 10.6. The first-order valence-electron chi connectivity index (χ1n) is 4.96. The second kappa shape index (κ2) is 8.80. The van der Waals surface area contributed by atoms with E-state index in [0.29, 0.717) is 0 Å². The van der Waals surface area contributed by atoms with E-state index in [1.165, 1.54) is 0 Å². The molecule has 0 fully saturated rings. The third-order valence-electron chi connectivity index (χ3n) is 2.36. The highest BCUT2D eigenvalue weighted by Crippen LogP contribution is 2.10. The van der Waals surface area contributed by atoms with Gasteiger partial charge in [0.15, 0.2) is 0 Å². The smallest absolute Gasteiger partial charge is 0.0584 e. The van der Waals surface area contributed by atoms with Crippen LogP contribution >= 0.6 is 0 Å². The van der Waals surface area contributed by atoms with Gasteiger partial charge in [-0.15, -0.1) is 5.34 Å². The van der Waals surface area contributed by atoms with E-state index in [1.54, 1.807) is 0 Å². The number of carboxylic acids is 3. The summed E-state index contributed by atoms with van der Waals surface area (Å²) in [4.78, 5) is 40.6. The lowest BCUT2D eigenvalue weighted by Gasteiger charge is -2.40. The quantitative estimate of drug-likeness (QED) is 0.345. The van der Waals surface area contributed by atoms with Crippen LogP contribution in [0.2, 0.25) is 0 Å². The van der Waals surface area contributed by atoms with Crippen molar-refractivity contribution in [3.63, 3.8) is 0 Å². The van der Waals surface area contributed by atoms with E-state index in [4.69, 9.17) is 10.1 Å². The molecule has 0 aliphatic heterocycles.